The van der Waals surface area contributed by atoms with E-state index in [0.717, 1.165) is 6.54 Å². The molecular formula is C13H21N5O2. The molecule has 110 valence electrons. The molecule has 0 saturated carbocycles. The highest BCUT2D eigenvalue weighted by Crippen LogP contribution is 2.11. The third-order valence-corrected chi connectivity index (χ3v) is 3.05. The molecule has 20 heavy (non-hydrogen) atoms. The van der Waals surface area contributed by atoms with Crippen LogP contribution < -0.4 is 10.2 Å². The second kappa shape index (κ2) is 7.16. The highest BCUT2D eigenvalue weighted by atomic mass is 16.5. The average molecular weight is 279 g/mol. The summed E-state index contributed by atoms with van der Waals surface area (Å²) in [5.74, 6) is 0.564. The van der Waals surface area contributed by atoms with Crippen LogP contribution in [0.3, 0.4) is 0 Å². The molecule has 1 amide bonds. The monoisotopic (exact) mass is 279 g/mol. The second-order valence-corrected chi connectivity index (χ2v) is 4.95. The molecule has 1 aliphatic rings. The fourth-order valence-corrected chi connectivity index (χ4v) is 1.96. The number of carbonyl (C=O) groups is 1. The van der Waals surface area contributed by atoms with Crippen molar-refractivity contribution in [3.63, 3.8) is 0 Å². The van der Waals surface area contributed by atoms with Crippen LogP contribution in [0.5, 0.6) is 0 Å². The third-order valence-electron chi connectivity index (χ3n) is 3.05. The Labute approximate surface area is 118 Å². The largest absolute Gasteiger partial charge is 0.365 e. The van der Waals surface area contributed by atoms with Crippen molar-refractivity contribution < 1.29 is 9.53 Å². The first kappa shape index (κ1) is 14.7. The van der Waals surface area contributed by atoms with Crippen molar-refractivity contribution >= 4 is 11.9 Å². The minimum Gasteiger partial charge on any atom is -0.365 e. The number of nitrogens with zero attached hydrogens (tertiary/aromatic N) is 4. The first-order valence-corrected chi connectivity index (χ1v) is 6.73. The summed E-state index contributed by atoms with van der Waals surface area (Å²) in [5, 5.41) is 2.88. The van der Waals surface area contributed by atoms with Crippen molar-refractivity contribution in [1.82, 2.24) is 20.2 Å². The topological polar surface area (TPSA) is 70.6 Å². The van der Waals surface area contributed by atoms with Gasteiger partial charge in [0, 0.05) is 32.0 Å². The van der Waals surface area contributed by atoms with Gasteiger partial charge >= 0.3 is 0 Å². The maximum Gasteiger partial charge on any atom is 0.251 e. The van der Waals surface area contributed by atoms with Gasteiger partial charge in [-0.25, -0.2) is 9.97 Å². The van der Waals surface area contributed by atoms with Crippen LogP contribution in [0.25, 0.3) is 0 Å². The summed E-state index contributed by atoms with van der Waals surface area (Å²) in [6.07, 6.45) is 2.93. The number of carbonyl (C=O) groups excluding carboxylic acids is 1. The zero-order valence-corrected chi connectivity index (χ0v) is 12.0. The summed E-state index contributed by atoms with van der Waals surface area (Å²) >= 11 is 0. The van der Waals surface area contributed by atoms with Gasteiger partial charge in [0.25, 0.3) is 5.91 Å². The molecule has 1 atom stereocenters. The molecule has 2 rings (SSSR count). The summed E-state index contributed by atoms with van der Waals surface area (Å²) in [4.78, 5) is 24.4. The standard InChI is InChI=1S/C13H21N5O2/c1-17(2)7-6-14-12(19)11-10-18(8-9-20-11)13-15-4-3-5-16-13/h3-5,11H,6-10H2,1-2H3,(H,14,19). The number of rotatable bonds is 5. The number of ether oxygens (including phenoxy) is 1. The zero-order valence-electron chi connectivity index (χ0n) is 12.0. The Morgan fingerprint density at radius 3 is 2.95 bits per heavy atom. The molecule has 7 heteroatoms. The summed E-state index contributed by atoms with van der Waals surface area (Å²) in [6, 6.07) is 1.77. The molecule has 1 aromatic heterocycles. The Balaban J connectivity index is 1.85. The smallest absolute Gasteiger partial charge is 0.251 e. The number of aromatic nitrogens is 2. The van der Waals surface area contributed by atoms with E-state index in [1.165, 1.54) is 0 Å². The van der Waals surface area contributed by atoms with Crippen LogP contribution in [0.2, 0.25) is 0 Å². The number of hydrogen-bond donors (Lipinski definition) is 1. The molecule has 0 radical (unpaired) electrons. The van der Waals surface area contributed by atoms with E-state index in [-0.39, 0.29) is 5.91 Å². The first-order valence-electron chi connectivity index (χ1n) is 6.73. The van der Waals surface area contributed by atoms with E-state index in [1.54, 1.807) is 18.5 Å². The minimum atomic E-state index is -0.463. The molecule has 1 aromatic rings. The van der Waals surface area contributed by atoms with Crippen molar-refractivity contribution in [3.8, 4) is 0 Å². The minimum absolute atomic E-state index is 0.0764. The van der Waals surface area contributed by atoms with Crippen LogP contribution in [0.1, 0.15) is 0 Å². The molecule has 7 nitrogen and oxygen atoms in total. The lowest BCUT2D eigenvalue weighted by Crippen LogP contribution is -2.51. The zero-order chi connectivity index (χ0) is 14.4. The molecule has 0 bridgehead atoms. The lowest BCUT2D eigenvalue weighted by Gasteiger charge is -2.32. The first-order chi connectivity index (χ1) is 9.66. The third kappa shape index (κ3) is 4.14. The van der Waals surface area contributed by atoms with Crippen LogP contribution in [-0.4, -0.2) is 73.8 Å². The molecule has 0 aliphatic carbocycles. The number of nitrogens with one attached hydrogen (secondary N) is 1. The molecule has 1 aliphatic heterocycles. The van der Waals surface area contributed by atoms with Crippen LogP contribution in [0.4, 0.5) is 5.95 Å². The molecule has 0 spiro atoms. The van der Waals surface area contributed by atoms with Gasteiger partial charge in [0.05, 0.1) is 13.2 Å². The van der Waals surface area contributed by atoms with Crippen molar-refractivity contribution in [3.05, 3.63) is 18.5 Å². The van der Waals surface area contributed by atoms with Gasteiger partial charge in [-0.1, -0.05) is 0 Å². The van der Waals surface area contributed by atoms with E-state index in [9.17, 15) is 4.79 Å². The normalized spacial score (nSPS) is 19.1. The summed E-state index contributed by atoms with van der Waals surface area (Å²) in [7, 11) is 3.94. The second-order valence-electron chi connectivity index (χ2n) is 4.95. The summed E-state index contributed by atoms with van der Waals surface area (Å²) in [6.45, 7) is 3.12. The van der Waals surface area contributed by atoms with Crippen LogP contribution >= 0.6 is 0 Å². The van der Waals surface area contributed by atoms with Gasteiger partial charge in [-0.15, -0.1) is 0 Å². The number of morpholine rings is 1. The maximum atomic E-state index is 12.0. The van der Waals surface area contributed by atoms with Crippen molar-refractivity contribution in [2.24, 2.45) is 0 Å². The lowest BCUT2D eigenvalue weighted by atomic mass is 10.2. The van der Waals surface area contributed by atoms with E-state index in [2.05, 4.69) is 15.3 Å². The van der Waals surface area contributed by atoms with Gasteiger partial charge in [0.1, 0.15) is 0 Å². The van der Waals surface area contributed by atoms with Crippen LogP contribution in [0, 0.1) is 0 Å². The van der Waals surface area contributed by atoms with E-state index < -0.39 is 6.10 Å². The van der Waals surface area contributed by atoms with Gasteiger partial charge < -0.3 is 19.9 Å². The van der Waals surface area contributed by atoms with Crippen LogP contribution in [0.15, 0.2) is 18.5 Å². The predicted octanol–water partition coefficient (Wildman–Crippen LogP) is -0.640. The Morgan fingerprint density at radius 1 is 1.50 bits per heavy atom. The average Bonchev–Trinajstić information content (AvgIpc) is 2.48. The SMILES string of the molecule is CN(C)CCNC(=O)C1CN(c2ncccn2)CCO1. The highest BCUT2D eigenvalue weighted by Gasteiger charge is 2.27. The number of anilines is 1. The van der Waals surface area contributed by atoms with Gasteiger partial charge in [0.2, 0.25) is 5.95 Å². The van der Waals surface area contributed by atoms with Gasteiger partial charge in [-0.2, -0.15) is 0 Å². The molecule has 0 aromatic carbocycles. The highest BCUT2D eigenvalue weighted by molar-refractivity contribution is 5.81. The fourth-order valence-electron chi connectivity index (χ4n) is 1.96. The Kier molecular flexibility index (Phi) is 5.25. The number of amides is 1. The van der Waals surface area contributed by atoms with E-state index in [0.29, 0.717) is 32.2 Å². The number of likely N-dealkylation sites (N-methyl/N-ethyl adjacent to an activating group) is 1. The van der Waals surface area contributed by atoms with Gasteiger partial charge in [0.15, 0.2) is 6.10 Å². The fraction of sp³-hybridized carbons (Fsp3) is 0.615. The molecule has 1 N–H and O–H groups in total. The molecule has 1 saturated heterocycles. The van der Waals surface area contributed by atoms with Crippen molar-refractivity contribution in [2.75, 3.05) is 51.8 Å². The predicted molar refractivity (Wildman–Crippen MR) is 75.5 cm³/mol. The quantitative estimate of drug-likeness (QED) is 0.773. The molecular weight excluding hydrogens is 258 g/mol. The van der Waals surface area contributed by atoms with E-state index >= 15 is 0 Å². The van der Waals surface area contributed by atoms with Gasteiger partial charge in [-0.3, -0.25) is 4.79 Å². The Hall–Kier alpha value is -1.73. The van der Waals surface area contributed by atoms with Crippen molar-refractivity contribution in [1.29, 1.82) is 0 Å². The van der Waals surface area contributed by atoms with Crippen LogP contribution in [-0.2, 0) is 9.53 Å². The molecule has 2 heterocycles. The Morgan fingerprint density at radius 2 is 2.25 bits per heavy atom. The molecule has 1 fully saturated rings. The maximum absolute atomic E-state index is 12.0. The van der Waals surface area contributed by atoms with E-state index in [4.69, 9.17) is 4.74 Å². The number of hydrogen-bond acceptors (Lipinski definition) is 6. The lowest BCUT2D eigenvalue weighted by molar-refractivity contribution is -0.133. The molecule has 1 unspecified atom stereocenters. The van der Waals surface area contributed by atoms with Gasteiger partial charge in [-0.05, 0) is 20.2 Å². The summed E-state index contributed by atoms with van der Waals surface area (Å²) < 4.78 is 5.53. The summed E-state index contributed by atoms with van der Waals surface area (Å²) in [5.41, 5.74) is 0. The Bertz CT molecular complexity index is 426. The van der Waals surface area contributed by atoms with Crippen molar-refractivity contribution in [2.45, 2.75) is 6.10 Å². The van der Waals surface area contributed by atoms with E-state index in [1.807, 2.05) is 23.9 Å².